The van der Waals surface area contributed by atoms with Crippen molar-refractivity contribution >= 4 is 23.6 Å². The largest absolute Gasteiger partial charge is 0.697 e. The Morgan fingerprint density at radius 1 is 1.16 bits per heavy atom. The van der Waals surface area contributed by atoms with Crippen molar-refractivity contribution in [2.75, 3.05) is 28.3 Å². The van der Waals surface area contributed by atoms with Gasteiger partial charge in [0.25, 0.3) is 0 Å². The van der Waals surface area contributed by atoms with E-state index in [4.69, 9.17) is 22.1 Å². The highest BCUT2D eigenvalue weighted by Gasteiger charge is 2.23. The van der Waals surface area contributed by atoms with Crippen LogP contribution < -0.4 is 9.47 Å². The first-order valence-corrected chi connectivity index (χ1v) is 6.27. The maximum Gasteiger partial charge on any atom is 0.192 e. The zero-order valence-corrected chi connectivity index (χ0v) is 12.3. The minimum atomic E-state index is 0.290. The second-order valence-corrected chi connectivity index (χ2v) is 5.04. The molecule has 0 amide bonds. The molecule has 0 aliphatic carbocycles. The molecule has 102 valence electrons. The highest BCUT2D eigenvalue weighted by Crippen LogP contribution is 2.28. The van der Waals surface area contributed by atoms with Crippen LogP contribution in [0.1, 0.15) is 5.56 Å². The van der Waals surface area contributed by atoms with Crippen LogP contribution in [0.3, 0.4) is 0 Å². The fourth-order valence-corrected chi connectivity index (χ4v) is 1.98. The Morgan fingerprint density at radius 2 is 1.84 bits per heavy atom. The molecule has 1 aromatic carbocycles. The van der Waals surface area contributed by atoms with E-state index in [2.05, 4.69) is 10.1 Å². The van der Waals surface area contributed by atoms with Gasteiger partial charge in [-0.3, -0.25) is 0 Å². The number of rotatable bonds is 4. The lowest BCUT2D eigenvalue weighted by molar-refractivity contribution is -0.799. The Labute approximate surface area is 118 Å². The molecule has 0 N–H and O–H groups in total. The SMILES string of the molecule is COc1ccc(CC2=N[N+](C)(C)C([S-])=N2)cc1OC. The normalized spacial score (nSPS) is 16.8. The summed E-state index contributed by atoms with van der Waals surface area (Å²) in [6, 6.07) is 5.78. The van der Waals surface area contributed by atoms with E-state index in [0.29, 0.717) is 23.1 Å². The number of ether oxygens (including phenoxy) is 2. The first-order valence-electron chi connectivity index (χ1n) is 5.86. The Kier molecular flexibility index (Phi) is 3.73. The number of quaternary nitrogens is 1. The van der Waals surface area contributed by atoms with Crippen molar-refractivity contribution in [1.82, 2.24) is 0 Å². The Hall–Kier alpha value is -1.66. The van der Waals surface area contributed by atoms with Crippen molar-refractivity contribution in [3.05, 3.63) is 23.8 Å². The number of aliphatic imine (C=N–C) groups is 1. The first-order chi connectivity index (χ1) is 8.96. The highest BCUT2D eigenvalue weighted by molar-refractivity contribution is 7.76. The molecule has 5 nitrogen and oxygen atoms in total. The van der Waals surface area contributed by atoms with Gasteiger partial charge in [0.15, 0.2) is 17.3 Å². The summed E-state index contributed by atoms with van der Waals surface area (Å²) in [4.78, 5) is 4.32. The van der Waals surface area contributed by atoms with Crippen LogP contribution in [-0.4, -0.2) is 43.9 Å². The lowest BCUT2D eigenvalue weighted by Gasteiger charge is -2.21. The number of amidine groups is 2. The fourth-order valence-electron chi connectivity index (χ4n) is 1.83. The van der Waals surface area contributed by atoms with Crippen molar-refractivity contribution in [2.45, 2.75) is 6.42 Å². The van der Waals surface area contributed by atoms with Gasteiger partial charge in [0.1, 0.15) is 5.17 Å². The van der Waals surface area contributed by atoms with Gasteiger partial charge >= 0.3 is 0 Å². The second kappa shape index (κ2) is 5.14. The molecule has 0 bridgehead atoms. The van der Waals surface area contributed by atoms with Crippen LogP contribution in [0.25, 0.3) is 0 Å². The average molecular weight is 279 g/mol. The van der Waals surface area contributed by atoms with Crippen LogP contribution in [-0.2, 0) is 19.0 Å². The van der Waals surface area contributed by atoms with Gasteiger partial charge in [-0.05, 0) is 17.7 Å². The average Bonchev–Trinajstić information content (AvgIpc) is 2.62. The minimum absolute atomic E-state index is 0.290. The summed E-state index contributed by atoms with van der Waals surface area (Å²) in [5, 5.41) is 5.05. The lowest BCUT2D eigenvalue weighted by atomic mass is 10.1. The molecular weight excluding hydrogens is 262 g/mol. The standard InChI is InChI=1S/C13H17N3O2S/c1-16(2)13(19)14-12(15-16)8-9-5-6-10(17-3)11(7-9)18-4/h5-7H,8H2,1-4H3. The van der Waals surface area contributed by atoms with E-state index in [-0.39, 0.29) is 4.59 Å². The predicted molar refractivity (Wildman–Crippen MR) is 77.6 cm³/mol. The molecule has 0 atom stereocenters. The summed E-state index contributed by atoms with van der Waals surface area (Å²) in [6.45, 7) is 0. The Balaban J connectivity index is 2.22. The fraction of sp³-hybridized carbons (Fsp3) is 0.385. The van der Waals surface area contributed by atoms with Gasteiger partial charge < -0.3 is 22.1 Å². The number of hydrogen-bond acceptors (Lipinski definition) is 5. The van der Waals surface area contributed by atoms with Crippen molar-refractivity contribution in [3.63, 3.8) is 0 Å². The lowest BCUT2D eigenvalue weighted by Crippen LogP contribution is -2.36. The molecule has 6 heteroatoms. The third-order valence-corrected chi connectivity index (χ3v) is 3.41. The molecule has 0 aromatic heterocycles. The van der Waals surface area contributed by atoms with Crippen molar-refractivity contribution in [2.24, 2.45) is 10.1 Å². The van der Waals surface area contributed by atoms with Gasteiger partial charge in [-0.25, -0.2) is 0 Å². The summed E-state index contributed by atoms with van der Waals surface area (Å²) in [7, 11) is 7.06. The zero-order valence-electron chi connectivity index (χ0n) is 11.5. The third kappa shape index (κ3) is 2.85. The van der Waals surface area contributed by atoms with E-state index >= 15 is 0 Å². The van der Waals surface area contributed by atoms with Crippen molar-refractivity contribution in [1.29, 1.82) is 0 Å². The molecule has 0 spiro atoms. The maximum absolute atomic E-state index is 5.28. The van der Waals surface area contributed by atoms with E-state index in [9.17, 15) is 0 Å². The predicted octanol–water partition coefficient (Wildman–Crippen LogP) is 1.55. The topological polar surface area (TPSA) is 43.2 Å². The van der Waals surface area contributed by atoms with Gasteiger partial charge in [0.05, 0.1) is 28.3 Å². The number of benzene rings is 1. The number of nitrogens with zero attached hydrogens (tertiary/aromatic N) is 3. The van der Waals surface area contributed by atoms with E-state index in [1.807, 2.05) is 32.3 Å². The van der Waals surface area contributed by atoms with Crippen LogP contribution >= 0.6 is 0 Å². The molecule has 0 saturated carbocycles. The molecule has 0 saturated heterocycles. The first kappa shape index (κ1) is 13.8. The molecule has 0 radical (unpaired) electrons. The summed E-state index contributed by atoms with van der Waals surface area (Å²) in [5.41, 5.74) is 1.06. The monoisotopic (exact) mass is 279 g/mol. The molecule has 1 aromatic rings. The molecule has 1 aliphatic rings. The van der Waals surface area contributed by atoms with Gasteiger partial charge in [-0.1, -0.05) is 11.2 Å². The minimum Gasteiger partial charge on any atom is -0.697 e. The summed E-state index contributed by atoms with van der Waals surface area (Å²) in [6.07, 6.45) is 0.627. The number of hydrogen-bond donors (Lipinski definition) is 0. The van der Waals surface area contributed by atoms with E-state index in [1.165, 1.54) is 0 Å². The van der Waals surface area contributed by atoms with Gasteiger partial charge in [-0.15, -0.1) is 0 Å². The van der Waals surface area contributed by atoms with E-state index in [1.54, 1.807) is 14.2 Å². The van der Waals surface area contributed by atoms with Crippen LogP contribution in [0.5, 0.6) is 11.5 Å². The zero-order chi connectivity index (χ0) is 14.0. The molecule has 0 unspecified atom stereocenters. The molecule has 1 aliphatic heterocycles. The molecule has 2 rings (SSSR count). The van der Waals surface area contributed by atoms with Crippen LogP contribution in [0.4, 0.5) is 0 Å². The quantitative estimate of drug-likeness (QED) is 0.620. The van der Waals surface area contributed by atoms with Crippen molar-refractivity contribution < 1.29 is 14.1 Å². The van der Waals surface area contributed by atoms with Gasteiger partial charge in [0.2, 0.25) is 0 Å². The second-order valence-electron chi connectivity index (χ2n) is 4.67. The number of methoxy groups -OCH3 is 2. The van der Waals surface area contributed by atoms with Crippen LogP contribution in [0.2, 0.25) is 0 Å². The molecule has 0 fully saturated rings. The van der Waals surface area contributed by atoms with Gasteiger partial charge in [0, 0.05) is 6.42 Å². The van der Waals surface area contributed by atoms with E-state index in [0.717, 1.165) is 11.4 Å². The third-order valence-electron chi connectivity index (χ3n) is 2.87. The Morgan fingerprint density at radius 3 is 2.37 bits per heavy atom. The van der Waals surface area contributed by atoms with E-state index < -0.39 is 0 Å². The molecule has 19 heavy (non-hydrogen) atoms. The summed E-state index contributed by atoms with van der Waals surface area (Å²) in [5.74, 6) is 2.15. The van der Waals surface area contributed by atoms with Crippen LogP contribution in [0, 0.1) is 0 Å². The summed E-state index contributed by atoms with van der Waals surface area (Å²) < 4.78 is 10.8. The highest BCUT2D eigenvalue weighted by atomic mass is 32.1. The van der Waals surface area contributed by atoms with Crippen LogP contribution in [0.15, 0.2) is 28.3 Å². The summed E-state index contributed by atoms with van der Waals surface area (Å²) >= 11 is 5.18. The smallest absolute Gasteiger partial charge is 0.192 e. The molecule has 1 heterocycles. The Bertz CT molecular complexity index is 553. The van der Waals surface area contributed by atoms with Gasteiger partial charge in [-0.2, -0.15) is 9.58 Å². The molecular formula is C13H17N3O2S. The van der Waals surface area contributed by atoms with Crippen molar-refractivity contribution in [3.8, 4) is 11.5 Å². The maximum atomic E-state index is 5.28.